The molecule has 6 N–H and O–H groups in total. The Kier molecular flexibility index (Phi) is 10.2. The van der Waals surface area contributed by atoms with E-state index < -0.39 is 27.9 Å². The van der Waals surface area contributed by atoms with Crippen LogP contribution in [0, 0.1) is 5.41 Å². The molecule has 0 bridgehead atoms. The van der Waals surface area contributed by atoms with Crippen molar-refractivity contribution in [2.45, 2.75) is 30.7 Å². The summed E-state index contributed by atoms with van der Waals surface area (Å²) in [6.07, 6.45) is -0.241. The zero-order valence-electron chi connectivity index (χ0n) is 20.8. The number of hydrogen-bond acceptors (Lipinski definition) is 6. The average Bonchev–Trinajstić information content (AvgIpc) is 2.85. The standard InChI is InChI=1S/C26H27Cl2N5O5S/c1-2-38-25(35)15-23(32-24(34)12-16-9-10-18(27)13-22(16)28)17-5-3-7-20(11-17)33-39(36,37)21-8-4-6-19(14-21)31-26(29)30/h3-11,13-14,23,33H,2,12,15H2,1H3,(H,32,34)(H4,29,30,31). The first-order valence-corrected chi connectivity index (χ1v) is 13.9. The number of anilines is 2. The maximum absolute atomic E-state index is 13.0. The van der Waals surface area contributed by atoms with Crippen LogP contribution in [-0.4, -0.2) is 32.9 Å². The molecular formula is C26H27Cl2N5O5S. The first kappa shape index (κ1) is 29.8. The van der Waals surface area contributed by atoms with Gasteiger partial charge >= 0.3 is 5.97 Å². The minimum atomic E-state index is -4.02. The van der Waals surface area contributed by atoms with Crippen molar-refractivity contribution < 1.29 is 22.7 Å². The summed E-state index contributed by atoms with van der Waals surface area (Å²) in [5.41, 5.74) is 6.90. The molecule has 1 unspecified atom stereocenters. The number of hydrogen-bond donors (Lipinski definition) is 5. The van der Waals surface area contributed by atoms with Crippen LogP contribution in [0.2, 0.25) is 10.0 Å². The van der Waals surface area contributed by atoms with E-state index in [-0.39, 0.29) is 36.0 Å². The summed E-state index contributed by atoms with van der Waals surface area (Å²) in [5, 5.41) is 13.5. The van der Waals surface area contributed by atoms with Crippen LogP contribution in [0.15, 0.2) is 71.6 Å². The topological polar surface area (TPSA) is 163 Å². The van der Waals surface area contributed by atoms with Gasteiger partial charge in [0.1, 0.15) is 0 Å². The van der Waals surface area contributed by atoms with E-state index in [0.717, 1.165) is 0 Å². The summed E-state index contributed by atoms with van der Waals surface area (Å²) >= 11 is 12.1. The van der Waals surface area contributed by atoms with Crippen molar-refractivity contribution >= 4 is 62.4 Å². The van der Waals surface area contributed by atoms with E-state index in [9.17, 15) is 18.0 Å². The van der Waals surface area contributed by atoms with Crippen LogP contribution in [0.4, 0.5) is 11.4 Å². The molecule has 0 saturated heterocycles. The molecule has 0 aliphatic heterocycles. The van der Waals surface area contributed by atoms with E-state index in [1.165, 1.54) is 36.4 Å². The molecule has 0 saturated carbocycles. The van der Waals surface area contributed by atoms with Crippen LogP contribution in [0.1, 0.15) is 30.5 Å². The molecule has 0 heterocycles. The Balaban J connectivity index is 1.83. The fraction of sp³-hybridized carbons (Fsp3) is 0.192. The van der Waals surface area contributed by atoms with Gasteiger partial charge < -0.3 is 21.1 Å². The Morgan fingerprint density at radius 2 is 1.74 bits per heavy atom. The van der Waals surface area contributed by atoms with E-state index >= 15 is 0 Å². The van der Waals surface area contributed by atoms with Crippen molar-refractivity contribution in [2.75, 3.05) is 16.6 Å². The minimum absolute atomic E-state index is 0.0598. The summed E-state index contributed by atoms with van der Waals surface area (Å²) in [5.74, 6) is -1.28. The lowest BCUT2D eigenvalue weighted by Gasteiger charge is -2.20. The number of sulfonamides is 1. The number of esters is 1. The second-order valence-electron chi connectivity index (χ2n) is 8.34. The maximum atomic E-state index is 13.0. The molecule has 0 fully saturated rings. The van der Waals surface area contributed by atoms with Gasteiger partial charge in [0.15, 0.2) is 5.96 Å². The number of nitrogens with two attached hydrogens (primary N) is 1. The van der Waals surface area contributed by atoms with E-state index in [0.29, 0.717) is 26.9 Å². The lowest BCUT2D eigenvalue weighted by molar-refractivity contribution is -0.143. The van der Waals surface area contributed by atoms with Crippen LogP contribution in [0.25, 0.3) is 0 Å². The number of carbonyl (C=O) groups is 2. The molecule has 3 rings (SSSR count). The van der Waals surface area contributed by atoms with Gasteiger partial charge in [0.05, 0.1) is 30.4 Å². The highest BCUT2D eigenvalue weighted by molar-refractivity contribution is 7.92. The predicted molar refractivity (Wildman–Crippen MR) is 152 cm³/mol. The summed E-state index contributed by atoms with van der Waals surface area (Å²) in [7, 11) is -4.02. The third-order valence-electron chi connectivity index (χ3n) is 5.34. The van der Waals surface area contributed by atoms with Crippen molar-refractivity contribution in [3.05, 3.63) is 87.9 Å². The Bertz CT molecular complexity index is 1480. The number of halogens is 2. The molecule has 1 amide bonds. The number of ether oxygens (including phenoxy) is 1. The second kappa shape index (κ2) is 13.3. The molecule has 0 radical (unpaired) electrons. The van der Waals surface area contributed by atoms with E-state index in [1.807, 2.05) is 0 Å². The zero-order valence-corrected chi connectivity index (χ0v) is 23.2. The van der Waals surface area contributed by atoms with Crippen molar-refractivity contribution in [2.24, 2.45) is 5.73 Å². The first-order valence-electron chi connectivity index (χ1n) is 11.7. The quantitative estimate of drug-likeness (QED) is 0.125. The van der Waals surface area contributed by atoms with E-state index in [1.54, 1.807) is 37.3 Å². The zero-order chi connectivity index (χ0) is 28.6. The normalized spacial score (nSPS) is 11.8. The third-order valence-corrected chi connectivity index (χ3v) is 7.31. The van der Waals surface area contributed by atoms with Gasteiger partial charge in [-0.15, -0.1) is 0 Å². The Hall–Kier alpha value is -3.80. The van der Waals surface area contributed by atoms with Crippen LogP contribution in [0.5, 0.6) is 0 Å². The summed E-state index contributed by atoms with van der Waals surface area (Å²) < 4.78 is 33.6. The maximum Gasteiger partial charge on any atom is 0.308 e. The second-order valence-corrected chi connectivity index (χ2v) is 10.9. The Morgan fingerprint density at radius 1 is 1.03 bits per heavy atom. The average molecular weight is 593 g/mol. The monoisotopic (exact) mass is 591 g/mol. The SMILES string of the molecule is CCOC(=O)CC(NC(=O)Cc1ccc(Cl)cc1Cl)c1cccc(NS(=O)(=O)c2cccc(NC(=N)N)c2)c1. The van der Waals surface area contributed by atoms with Crippen molar-refractivity contribution in [3.63, 3.8) is 0 Å². The fourth-order valence-electron chi connectivity index (χ4n) is 3.65. The van der Waals surface area contributed by atoms with Crippen LogP contribution in [-0.2, 0) is 30.8 Å². The summed E-state index contributed by atoms with van der Waals surface area (Å²) in [6.45, 7) is 1.83. The molecule has 0 aliphatic carbocycles. The predicted octanol–water partition coefficient (Wildman–Crippen LogP) is 4.45. The van der Waals surface area contributed by atoms with Gasteiger partial charge in [-0.2, -0.15) is 0 Å². The van der Waals surface area contributed by atoms with Crippen LogP contribution in [0.3, 0.4) is 0 Å². The highest BCUT2D eigenvalue weighted by Gasteiger charge is 2.22. The van der Waals surface area contributed by atoms with Crippen molar-refractivity contribution in [1.82, 2.24) is 5.32 Å². The molecule has 13 heteroatoms. The highest BCUT2D eigenvalue weighted by atomic mass is 35.5. The van der Waals surface area contributed by atoms with Crippen molar-refractivity contribution in [1.29, 1.82) is 5.41 Å². The van der Waals surface area contributed by atoms with Gasteiger partial charge in [0, 0.05) is 21.4 Å². The van der Waals surface area contributed by atoms with Gasteiger partial charge in [0.25, 0.3) is 10.0 Å². The lowest BCUT2D eigenvalue weighted by Crippen LogP contribution is -2.32. The molecule has 1 atom stereocenters. The Labute approximate surface area is 236 Å². The molecule has 39 heavy (non-hydrogen) atoms. The molecule has 0 aliphatic rings. The fourth-order valence-corrected chi connectivity index (χ4v) is 5.22. The smallest absolute Gasteiger partial charge is 0.308 e. The number of carbonyl (C=O) groups excluding carboxylic acids is 2. The van der Waals surface area contributed by atoms with Gasteiger partial charge in [-0.25, -0.2) is 8.42 Å². The number of nitrogens with one attached hydrogen (secondary N) is 4. The number of rotatable bonds is 11. The molecular weight excluding hydrogens is 565 g/mol. The molecule has 0 aromatic heterocycles. The Morgan fingerprint density at radius 3 is 2.44 bits per heavy atom. The summed E-state index contributed by atoms with van der Waals surface area (Å²) in [4.78, 5) is 25.1. The molecule has 0 spiro atoms. The number of benzene rings is 3. The first-order chi connectivity index (χ1) is 18.5. The van der Waals surface area contributed by atoms with Crippen molar-refractivity contribution in [3.8, 4) is 0 Å². The highest BCUT2D eigenvalue weighted by Crippen LogP contribution is 2.25. The van der Waals surface area contributed by atoms with Gasteiger partial charge in [0.2, 0.25) is 5.91 Å². The third kappa shape index (κ3) is 8.88. The largest absolute Gasteiger partial charge is 0.466 e. The number of amides is 1. The van der Waals surface area contributed by atoms with Crippen LogP contribution < -0.4 is 21.1 Å². The van der Waals surface area contributed by atoms with E-state index in [2.05, 4.69) is 15.4 Å². The van der Waals surface area contributed by atoms with Crippen LogP contribution >= 0.6 is 23.2 Å². The van der Waals surface area contributed by atoms with Gasteiger partial charge in [-0.3, -0.25) is 19.7 Å². The lowest BCUT2D eigenvalue weighted by atomic mass is 10.0. The minimum Gasteiger partial charge on any atom is -0.466 e. The van der Waals surface area contributed by atoms with Gasteiger partial charge in [-0.1, -0.05) is 47.5 Å². The molecule has 3 aromatic rings. The molecule has 206 valence electrons. The van der Waals surface area contributed by atoms with Gasteiger partial charge in [-0.05, 0) is 60.5 Å². The number of guanidine groups is 1. The van der Waals surface area contributed by atoms with E-state index in [4.69, 9.17) is 39.1 Å². The summed E-state index contributed by atoms with van der Waals surface area (Å²) in [6, 6.07) is 16.1. The molecule has 3 aromatic carbocycles. The molecule has 10 nitrogen and oxygen atoms in total.